The molecule has 0 fully saturated rings. The number of hydrogen-bond acceptors (Lipinski definition) is 3. The third kappa shape index (κ3) is 4.35. The number of unbranched alkanes of at least 4 members (excludes halogenated alkanes) is 1. The van der Waals surface area contributed by atoms with Crippen molar-refractivity contribution < 1.29 is 0 Å². The molecule has 16 heavy (non-hydrogen) atoms. The van der Waals surface area contributed by atoms with Crippen LogP contribution in [-0.4, -0.2) is 16.3 Å². The first kappa shape index (κ1) is 12.6. The Balaban J connectivity index is 2.11. The van der Waals surface area contributed by atoms with Gasteiger partial charge in [0.1, 0.15) is 0 Å². The zero-order valence-corrected chi connectivity index (χ0v) is 10.3. The molecule has 0 saturated heterocycles. The Bertz CT molecular complexity index is 359. The highest BCUT2D eigenvalue weighted by molar-refractivity contribution is 5.37. The molecule has 1 aromatic rings. The highest BCUT2D eigenvalue weighted by atomic mass is 15.3. The van der Waals surface area contributed by atoms with Gasteiger partial charge in [0.2, 0.25) is 0 Å². The highest BCUT2D eigenvalue weighted by Crippen LogP contribution is 2.21. The van der Waals surface area contributed by atoms with Crippen molar-refractivity contribution in [3.8, 4) is 6.07 Å². The van der Waals surface area contributed by atoms with E-state index in [-0.39, 0.29) is 5.41 Å². The van der Waals surface area contributed by atoms with Crippen LogP contribution in [0.5, 0.6) is 0 Å². The number of aromatic nitrogens is 2. The molecular weight excluding hydrogens is 200 g/mol. The van der Waals surface area contributed by atoms with Crippen molar-refractivity contribution in [3.63, 3.8) is 0 Å². The molecule has 1 aromatic heterocycles. The second kappa shape index (κ2) is 5.55. The zero-order valence-electron chi connectivity index (χ0n) is 10.3. The average molecular weight is 220 g/mol. The van der Waals surface area contributed by atoms with E-state index in [1.165, 1.54) is 0 Å². The summed E-state index contributed by atoms with van der Waals surface area (Å²) in [5.74, 6) is 0. The number of rotatable bonds is 6. The van der Waals surface area contributed by atoms with Gasteiger partial charge in [-0.1, -0.05) is 6.42 Å². The van der Waals surface area contributed by atoms with Crippen LogP contribution in [-0.2, 0) is 7.05 Å². The lowest BCUT2D eigenvalue weighted by molar-refractivity contribution is 0.430. The van der Waals surface area contributed by atoms with Gasteiger partial charge in [0.25, 0.3) is 0 Å². The fourth-order valence-corrected chi connectivity index (χ4v) is 1.49. The summed E-state index contributed by atoms with van der Waals surface area (Å²) in [7, 11) is 1.90. The van der Waals surface area contributed by atoms with Gasteiger partial charge in [0.05, 0.1) is 23.4 Å². The van der Waals surface area contributed by atoms with E-state index in [9.17, 15) is 0 Å². The Labute approximate surface area is 97.3 Å². The maximum atomic E-state index is 8.85. The molecule has 4 heteroatoms. The van der Waals surface area contributed by atoms with Crippen LogP contribution < -0.4 is 5.32 Å². The van der Waals surface area contributed by atoms with E-state index in [2.05, 4.69) is 16.5 Å². The Hall–Kier alpha value is -1.50. The first-order valence-corrected chi connectivity index (χ1v) is 5.67. The van der Waals surface area contributed by atoms with Crippen LogP contribution in [0.1, 0.15) is 33.1 Å². The number of aryl methyl sites for hydroxylation is 1. The van der Waals surface area contributed by atoms with E-state index < -0.39 is 0 Å². The van der Waals surface area contributed by atoms with Crippen molar-refractivity contribution >= 4 is 5.69 Å². The maximum absolute atomic E-state index is 8.85. The van der Waals surface area contributed by atoms with Crippen molar-refractivity contribution in [1.82, 2.24) is 9.78 Å². The summed E-state index contributed by atoms with van der Waals surface area (Å²) in [5, 5.41) is 16.2. The summed E-state index contributed by atoms with van der Waals surface area (Å²) < 4.78 is 1.78. The molecule has 88 valence electrons. The molecular formula is C12H20N4. The van der Waals surface area contributed by atoms with Crippen molar-refractivity contribution in [2.45, 2.75) is 33.1 Å². The number of nitrogens with zero attached hydrogens (tertiary/aromatic N) is 3. The van der Waals surface area contributed by atoms with Crippen molar-refractivity contribution in [2.24, 2.45) is 12.5 Å². The monoisotopic (exact) mass is 220 g/mol. The molecule has 0 aromatic carbocycles. The fraction of sp³-hybridized carbons (Fsp3) is 0.667. The third-order valence-corrected chi connectivity index (χ3v) is 2.57. The molecule has 0 spiro atoms. The molecule has 4 nitrogen and oxygen atoms in total. The second-order valence-corrected chi connectivity index (χ2v) is 4.78. The second-order valence-electron chi connectivity index (χ2n) is 4.78. The number of anilines is 1. The first-order chi connectivity index (χ1) is 7.53. The van der Waals surface area contributed by atoms with E-state index in [1.807, 2.05) is 33.3 Å². The lowest BCUT2D eigenvalue weighted by Crippen LogP contribution is -2.09. The van der Waals surface area contributed by atoms with Crippen LogP contribution in [0, 0.1) is 16.7 Å². The molecule has 1 heterocycles. The molecule has 0 amide bonds. The number of nitriles is 1. The largest absolute Gasteiger partial charge is 0.383 e. The summed E-state index contributed by atoms with van der Waals surface area (Å²) in [6.07, 6.45) is 6.89. The Kier molecular flexibility index (Phi) is 4.36. The van der Waals surface area contributed by atoms with E-state index in [0.717, 1.165) is 31.5 Å². The standard InChI is InChI=1S/C12H20N4/c1-12(2,10-13)6-4-5-7-14-11-8-15-16(3)9-11/h8-9,14H,4-7H2,1-3H3. The van der Waals surface area contributed by atoms with Crippen LogP contribution in [0.3, 0.4) is 0 Å². The molecule has 0 aliphatic heterocycles. The van der Waals surface area contributed by atoms with Crippen LogP contribution in [0.25, 0.3) is 0 Å². The minimum absolute atomic E-state index is 0.186. The molecule has 1 N–H and O–H groups in total. The predicted octanol–water partition coefficient (Wildman–Crippen LogP) is 2.55. The smallest absolute Gasteiger partial charge is 0.0726 e. The molecule has 0 atom stereocenters. The number of hydrogen-bond donors (Lipinski definition) is 1. The summed E-state index contributed by atoms with van der Waals surface area (Å²) >= 11 is 0. The van der Waals surface area contributed by atoms with Gasteiger partial charge in [-0.05, 0) is 26.7 Å². The van der Waals surface area contributed by atoms with Gasteiger partial charge in [0.15, 0.2) is 0 Å². The molecule has 0 saturated carbocycles. The quantitative estimate of drug-likeness (QED) is 0.749. The van der Waals surface area contributed by atoms with Gasteiger partial charge in [-0.25, -0.2) is 0 Å². The molecule has 0 bridgehead atoms. The van der Waals surface area contributed by atoms with E-state index in [0.29, 0.717) is 0 Å². The average Bonchev–Trinajstić information content (AvgIpc) is 2.64. The topological polar surface area (TPSA) is 53.6 Å². The lowest BCUT2D eigenvalue weighted by Gasteiger charge is -2.14. The van der Waals surface area contributed by atoms with Gasteiger partial charge in [-0.3, -0.25) is 4.68 Å². The third-order valence-electron chi connectivity index (χ3n) is 2.57. The van der Waals surface area contributed by atoms with Crippen LogP contribution in [0.15, 0.2) is 12.4 Å². The zero-order chi connectivity index (χ0) is 12.0. The first-order valence-electron chi connectivity index (χ1n) is 5.67. The van der Waals surface area contributed by atoms with Crippen LogP contribution in [0.4, 0.5) is 5.69 Å². The van der Waals surface area contributed by atoms with Crippen LogP contribution in [0.2, 0.25) is 0 Å². The van der Waals surface area contributed by atoms with Gasteiger partial charge in [-0.2, -0.15) is 10.4 Å². The SMILES string of the molecule is Cn1cc(NCCCCC(C)(C)C#N)cn1. The van der Waals surface area contributed by atoms with Gasteiger partial charge in [-0.15, -0.1) is 0 Å². The minimum atomic E-state index is -0.186. The Morgan fingerprint density at radius 3 is 2.81 bits per heavy atom. The van der Waals surface area contributed by atoms with Gasteiger partial charge >= 0.3 is 0 Å². The lowest BCUT2D eigenvalue weighted by atomic mass is 9.89. The number of nitrogens with one attached hydrogen (secondary N) is 1. The van der Waals surface area contributed by atoms with E-state index in [4.69, 9.17) is 5.26 Å². The van der Waals surface area contributed by atoms with E-state index >= 15 is 0 Å². The molecule has 0 radical (unpaired) electrons. The van der Waals surface area contributed by atoms with E-state index in [1.54, 1.807) is 4.68 Å². The summed E-state index contributed by atoms with van der Waals surface area (Å²) in [6, 6.07) is 2.32. The molecule has 0 unspecified atom stereocenters. The van der Waals surface area contributed by atoms with Crippen molar-refractivity contribution in [1.29, 1.82) is 5.26 Å². The maximum Gasteiger partial charge on any atom is 0.0726 e. The molecule has 0 aliphatic carbocycles. The van der Waals surface area contributed by atoms with Crippen molar-refractivity contribution in [3.05, 3.63) is 12.4 Å². The summed E-state index contributed by atoms with van der Waals surface area (Å²) in [5.41, 5.74) is 0.871. The molecule has 0 aliphatic rings. The summed E-state index contributed by atoms with van der Waals surface area (Å²) in [6.45, 7) is 4.91. The molecule has 1 rings (SSSR count). The van der Waals surface area contributed by atoms with Crippen molar-refractivity contribution in [2.75, 3.05) is 11.9 Å². The highest BCUT2D eigenvalue weighted by Gasteiger charge is 2.15. The minimum Gasteiger partial charge on any atom is -0.383 e. The normalized spacial score (nSPS) is 11.1. The van der Waals surface area contributed by atoms with Gasteiger partial charge in [0, 0.05) is 19.8 Å². The summed E-state index contributed by atoms with van der Waals surface area (Å²) in [4.78, 5) is 0. The van der Waals surface area contributed by atoms with Crippen LogP contribution >= 0.6 is 0 Å². The predicted molar refractivity (Wildman–Crippen MR) is 64.9 cm³/mol. The fourth-order valence-electron chi connectivity index (χ4n) is 1.49. The Morgan fingerprint density at radius 2 is 2.25 bits per heavy atom. The Morgan fingerprint density at radius 1 is 1.50 bits per heavy atom. The van der Waals surface area contributed by atoms with Gasteiger partial charge < -0.3 is 5.32 Å².